The number of anilines is 1. The van der Waals surface area contributed by atoms with Crippen molar-refractivity contribution in [3.63, 3.8) is 0 Å². The molecule has 0 saturated carbocycles. The first-order valence-corrected chi connectivity index (χ1v) is 8.92. The highest BCUT2D eigenvalue weighted by Crippen LogP contribution is 2.46. The lowest BCUT2D eigenvalue weighted by atomic mass is 9.93. The average Bonchev–Trinajstić information content (AvgIpc) is 3.00. The summed E-state index contributed by atoms with van der Waals surface area (Å²) in [5.41, 5.74) is 1.39. The highest BCUT2D eigenvalue weighted by Gasteiger charge is 2.43. The Hall–Kier alpha value is -3.67. The van der Waals surface area contributed by atoms with Gasteiger partial charge >= 0.3 is 0 Å². The Kier molecular flexibility index (Phi) is 4.76. The molecule has 1 heterocycles. The average molecular weight is 393 g/mol. The number of carbonyl (C=O) groups excluding carboxylic acids is 1. The molecule has 1 aliphatic rings. The molecule has 3 aromatic rings. The SMILES string of the molecule is COc1ccc(C2=C(O)C(=O)N(c3ccc(F)cc3)[C@H]2c2ccccc2F)cc1. The molecule has 0 aliphatic carbocycles. The van der Waals surface area contributed by atoms with E-state index in [2.05, 4.69) is 0 Å². The van der Waals surface area contributed by atoms with Crippen LogP contribution in [-0.4, -0.2) is 18.1 Å². The number of hydrogen-bond donors (Lipinski definition) is 1. The van der Waals surface area contributed by atoms with Gasteiger partial charge in [0, 0.05) is 16.8 Å². The van der Waals surface area contributed by atoms with E-state index in [0.717, 1.165) is 0 Å². The van der Waals surface area contributed by atoms with E-state index in [-0.39, 0.29) is 11.1 Å². The predicted molar refractivity (Wildman–Crippen MR) is 106 cm³/mol. The van der Waals surface area contributed by atoms with Gasteiger partial charge in [0.2, 0.25) is 0 Å². The Morgan fingerprint density at radius 1 is 0.931 bits per heavy atom. The van der Waals surface area contributed by atoms with Crippen LogP contribution in [0.4, 0.5) is 14.5 Å². The van der Waals surface area contributed by atoms with Crippen LogP contribution >= 0.6 is 0 Å². The highest BCUT2D eigenvalue weighted by atomic mass is 19.1. The fourth-order valence-electron chi connectivity index (χ4n) is 3.53. The molecule has 146 valence electrons. The maximum absolute atomic E-state index is 14.7. The molecule has 0 spiro atoms. The molecule has 4 rings (SSSR count). The zero-order chi connectivity index (χ0) is 20.5. The third-order valence-corrected chi connectivity index (χ3v) is 4.91. The summed E-state index contributed by atoms with van der Waals surface area (Å²) >= 11 is 0. The summed E-state index contributed by atoms with van der Waals surface area (Å²) in [5.74, 6) is -1.53. The van der Waals surface area contributed by atoms with E-state index in [1.54, 1.807) is 42.5 Å². The van der Waals surface area contributed by atoms with Crippen LogP contribution in [0.5, 0.6) is 5.75 Å². The molecule has 4 nitrogen and oxygen atoms in total. The van der Waals surface area contributed by atoms with Crippen molar-refractivity contribution in [1.82, 2.24) is 0 Å². The molecule has 0 aromatic heterocycles. The molecule has 0 unspecified atom stereocenters. The van der Waals surface area contributed by atoms with Crippen LogP contribution in [0.15, 0.2) is 78.6 Å². The van der Waals surface area contributed by atoms with Gasteiger partial charge in [0.05, 0.1) is 13.2 Å². The molecule has 0 bridgehead atoms. The largest absolute Gasteiger partial charge is 0.503 e. The Bertz CT molecular complexity index is 1090. The summed E-state index contributed by atoms with van der Waals surface area (Å²) < 4.78 is 33.3. The molecule has 0 radical (unpaired) electrons. The monoisotopic (exact) mass is 393 g/mol. The number of ether oxygens (including phenoxy) is 1. The molecule has 0 fully saturated rings. The smallest absolute Gasteiger partial charge is 0.294 e. The molecule has 29 heavy (non-hydrogen) atoms. The third-order valence-electron chi connectivity index (χ3n) is 4.91. The Labute approximate surface area is 166 Å². The Morgan fingerprint density at radius 3 is 2.21 bits per heavy atom. The van der Waals surface area contributed by atoms with E-state index in [0.29, 0.717) is 17.0 Å². The standard InChI is InChI=1S/C23H17F2NO3/c1-29-17-12-6-14(7-13-17)20-21(18-4-2-3-5-19(18)25)26(23(28)22(20)27)16-10-8-15(24)9-11-16/h2-13,21,27H,1H3/t21-/m0/s1. The van der Waals surface area contributed by atoms with Gasteiger partial charge in [-0.25, -0.2) is 8.78 Å². The van der Waals surface area contributed by atoms with Crippen LogP contribution in [-0.2, 0) is 4.79 Å². The van der Waals surface area contributed by atoms with Crippen molar-refractivity contribution in [2.75, 3.05) is 12.0 Å². The first-order valence-electron chi connectivity index (χ1n) is 8.92. The topological polar surface area (TPSA) is 49.8 Å². The maximum Gasteiger partial charge on any atom is 0.294 e. The summed E-state index contributed by atoms with van der Waals surface area (Å²) in [7, 11) is 1.53. The van der Waals surface area contributed by atoms with Gasteiger partial charge in [-0.2, -0.15) is 0 Å². The number of carbonyl (C=O) groups is 1. The number of hydrogen-bond acceptors (Lipinski definition) is 3. The van der Waals surface area contributed by atoms with Crippen LogP contribution in [0.1, 0.15) is 17.2 Å². The molecular formula is C23H17F2NO3. The van der Waals surface area contributed by atoms with Crippen LogP contribution < -0.4 is 9.64 Å². The van der Waals surface area contributed by atoms with Gasteiger partial charge in [-0.05, 0) is 48.0 Å². The van der Waals surface area contributed by atoms with E-state index >= 15 is 0 Å². The predicted octanol–water partition coefficient (Wildman–Crippen LogP) is 5.03. The maximum atomic E-state index is 14.7. The van der Waals surface area contributed by atoms with Gasteiger partial charge in [-0.3, -0.25) is 9.69 Å². The van der Waals surface area contributed by atoms with Gasteiger partial charge in [0.15, 0.2) is 5.76 Å². The summed E-state index contributed by atoms with van der Waals surface area (Å²) in [6.07, 6.45) is 0. The van der Waals surface area contributed by atoms with Crippen molar-refractivity contribution < 1.29 is 23.4 Å². The minimum Gasteiger partial charge on any atom is -0.503 e. The normalized spacial score (nSPS) is 16.4. The minimum atomic E-state index is -0.914. The molecule has 1 N–H and O–H groups in total. The summed E-state index contributed by atoms with van der Waals surface area (Å²) in [6, 6.07) is 17.2. The molecule has 1 amide bonds. The Morgan fingerprint density at radius 2 is 1.59 bits per heavy atom. The van der Waals surface area contributed by atoms with Crippen LogP contribution in [0.3, 0.4) is 0 Å². The van der Waals surface area contributed by atoms with E-state index in [4.69, 9.17) is 4.74 Å². The number of nitrogens with zero attached hydrogens (tertiary/aromatic N) is 1. The lowest BCUT2D eigenvalue weighted by Gasteiger charge is -2.27. The number of benzene rings is 3. The van der Waals surface area contributed by atoms with Gasteiger partial charge in [0.1, 0.15) is 17.4 Å². The second kappa shape index (κ2) is 7.39. The number of aliphatic hydroxyl groups excluding tert-OH is 1. The minimum absolute atomic E-state index is 0.222. The van der Waals surface area contributed by atoms with Crippen molar-refractivity contribution in [3.8, 4) is 5.75 Å². The van der Waals surface area contributed by atoms with Crippen molar-refractivity contribution >= 4 is 17.2 Å². The first kappa shape index (κ1) is 18.7. The van der Waals surface area contributed by atoms with E-state index < -0.39 is 29.3 Å². The number of rotatable bonds is 4. The number of methoxy groups -OCH3 is 1. The lowest BCUT2D eigenvalue weighted by molar-refractivity contribution is -0.117. The Balaban J connectivity index is 1.91. The van der Waals surface area contributed by atoms with E-state index in [1.807, 2.05) is 0 Å². The van der Waals surface area contributed by atoms with Crippen LogP contribution in [0, 0.1) is 11.6 Å². The number of amides is 1. The zero-order valence-electron chi connectivity index (χ0n) is 15.5. The van der Waals surface area contributed by atoms with Crippen LogP contribution in [0.25, 0.3) is 5.57 Å². The fourth-order valence-corrected chi connectivity index (χ4v) is 3.53. The summed E-state index contributed by atoms with van der Waals surface area (Å²) in [5, 5.41) is 10.7. The van der Waals surface area contributed by atoms with E-state index in [9.17, 15) is 18.7 Å². The first-order chi connectivity index (χ1) is 14.0. The van der Waals surface area contributed by atoms with Gasteiger partial charge in [-0.1, -0.05) is 30.3 Å². The van der Waals surface area contributed by atoms with Crippen molar-refractivity contribution in [3.05, 3.63) is 101 Å². The van der Waals surface area contributed by atoms with Crippen LogP contribution in [0.2, 0.25) is 0 Å². The van der Waals surface area contributed by atoms with Gasteiger partial charge < -0.3 is 9.84 Å². The van der Waals surface area contributed by atoms with Crippen molar-refractivity contribution in [1.29, 1.82) is 0 Å². The number of halogens is 2. The van der Waals surface area contributed by atoms with Crippen molar-refractivity contribution in [2.45, 2.75) is 6.04 Å². The van der Waals surface area contributed by atoms with E-state index in [1.165, 1.54) is 42.3 Å². The van der Waals surface area contributed by atoms with Gasteiger partial charge in [-0.15, -0.1) is 0 Å². The summed E-state index contributed by atoms with van der Waals surface area (Å²) in [6.45, 7) is 0. The molecular weight excluding hydrogens is 376 g/mol. The zero-order valence-corrected chi connectivity index (χ0v) is 15.5. The molecule has 1 atom stereocenters. The molecule has 3 aromatic carbocycles. The number of aliphatic hydroxyl groups is 1. The third kappa shape index (κ3) is 3.23. The second-order valence-electron chi connectivity index (χ2n) is 6.57. The molecule has 0 saturated heterocycles. The van der Waals surface area contributed by atoms with Gasteiger partial charge in [0.25, 0.3) is 5.91 Å². The summed E-state index contributed by atoms with van der Waals surface area (Å²) in [4.78, 5) is 14.2. The molecule has 6 heteroatoms. The second-order valence-corrected chi connectivity index (χ2v) is 6.57. The quantitative estimate of drug-likeness (QED) is 0.676. The van der Waals surface area contributed by atoms with Crippen molar-refractivity contribution in [2.24, 2.45) is 0 Å². The lowest BCUT2D eigenvalue weighted by Crippen LogP contribution is -2.30. The fraction of sp³-hybridized carbons (Fsp3) is 0.0870. The molecule has 1 aliphatic heterocycles. The highest BCUT2D eigenvalue weighted by molar-refractivity contribution is 6.16.